The first-order valence-electron chi connectivity index (χ1n) is 6.53. The highest BCUT2D eigenvalue weighted by Gasteiger charge is 2.11. The second kappa shape index (κ2) is 5.63. The SMILES string of the molecule is Cn1c(Cl)cnc1CNc1ccc2c(c1)OCCCO2. The van der Waals surface area contributed by atoms with Crippen molar-refractivity contribution in [1.29, 1.82) is 0 Å². The Morgan fingerprint density at radius 1 is 1.30 bits per heavy atom. The fraction of sp³-hybridized carbons (Fsp3) is 0.357. The lowest BCUT2D eigenvalue weighted by Crippen LogP contribution is -2.06. The Bertz CT molecular complexity index is 612. The fourth-order valence-electron chi connectivity index (χ4n) is 2.04. The normalized spacial score (nSPS) is 13.9. The Hall–Kier alpha value is -1.88. The first kappa shape index (κ1) is 13.1. The van der Waals surface area contributed by atoms with E-state index in [1.165, 1.54) is 0 Å². The summed E-state index contributed by atoms with van der Waals surface area (Å²) in [6.45, 7) is 1.99. The van der Waals surface area contributed by atoms with Gasteiger partial charge in [0.15, 0.2) is 11.5 Å². The predicted molar refractivity (Wildman–Crippen MR) is 77.6 cm³/mol. The summed E-state index contributed by atoms with van der Waals surface area (Å²) in [6, 6.07) is 5.84. The molecule has 3 rings (SSSR count). The molecule has 0 fully saturated rings. The zero-order chi connectivity index (χ0) is 13.9. The third-order valence-corrected chi connectivity index (χ3v) is 3.58. The van der Waals surface area contributed by atoms with Crippen molar-refractivity contribution < 1.29 is 9.47 Å². The van der Waals surface area contributed by atoms with E-state index in [1.54, 1.807) is 6.20 Å². The Balaban J connectivity index is 1.72. The second-order valence-electron chi connectivity index (χ2n) is 4.62. The van der Waals surface area contributed by atoms with Crippen molar-refractivity contribution in [2.45, 2.75) is 13.0 Å². The number of nitrogens with one attached hydrogen (secondary N) is 1. The van der Waals surface area contributed by atoms with E-state index in [2.05, 4.69) is 10.3 Å². The summed E-state index contributed by atoms with van der Waals surface area (Å²) in [5.74, 6) is 2.46. The zero-order valence-corrected chi connectivity index (χ0v) is 12.0. The van der Waals surface area contributed by atoms with Crippen LogP contribution in [0.1, 0.15) is 12.2 Å². The van der Waals surface area contributed by atoms with E-state index in [9.17, 15) is 0 Å². The van der Waals surface area contributed by atoms with Crippen molar-refractivity contribution in [2.24, 2.45) is 7.05 Å². The van der Waals surface area contributed by atoms with Gasteiger partial charge in [-0.1, -0.05) is 11.6 Å². The molecule has 0 amide bonds. The number of anilines is 1. The topological polar surface area (TPSA) is 48.3 Å². The summed E-state index contributed by atoms with van der Waals surface area (Å²) in [5.41, 5.74) is 0.966. The van der Waals surface area contributed by atoms with E-state index in [4.69, 9.17) is 21.1 Å². The zero-order valence-electron chi connectivity index (χ0n) is 11.2. The number of rotatable bonds is 3. The quantitative estimate of drug-likeness (QED) is 0.945. The highest BCUT2D eigenvalue weighted by atomic mass is 35.5. The third-order valence-electron chi connectivity index (χ3n) is 3.23. The van der Waals surface area contributed by atoms with Crippen LogP contribution in [0.15, 0.2) is 24.4 Å². The molecule has 0 spiro atoms. The minimum Gasteiger partial charge on any atom is -0.490 e. The summed E-state index contributed by atoms with van der Waals surface area (Å²) in [7, 11) is 1.89. The molecule has 2 aromatic rings. The molecule has 1 aliphatic rings. The highest BCUT2D eigenvalue weighted by Crippen LogP contribution is 2.32. The van der Waals surface area contributed by atoms with Crippen molar-refractivity contribution in [2.75, 3.05) is 18.5 Å². The summed E-state index contributed by atoms with van der Waals surface area (Å²) < 4.78 is 13.1. The average molecular weight is 294 g/mol. The van der Waals surface area contributed by atoms with E-state index >= 15 is 0 Å². The molecule has 0 radical (unpaired) electrons. The average Bonchev–Trinajstić information content (AvgIpc) is 2.68. The molecule has 1 aliphatic heterocycles. The van der Waals surface area contributed by atoms with Crippen LogP contribution in [-0.4, -0.2) is 22.8 Å². The summed E-state index contributed by atoms with van der Waals surface area (Å²) >= 11 is 5.96. The number of imidazole rings is 1. The summed E-state index contributed by atoms with van der Waals surface area (Å²) in [6.07, 6.45) is 2.55. The number of hydrogen-bond acceptors (Lipinski definition) is 4. The smallest absolute Gasteiger partial charge is 0.163 e. The molecule has 0 bridgehead atoms. The van der Waals surface area contributed by atoms with Crippen LogP contribution in [0.4, 0.5) is 5.69 Å². The monoisotopic (exact) mass is 293 g/mol. The molecule has 0 atom stereocenters. The van der Waals surface area contributed by atoms with Gasteiger partial charge in [-0.05, 0) is 12.1 Å². The Kier molecular flexibility index (Phi) is 3.69. The first-order valence-corrected chi connectivity index (χ1v) is 6.91. The molecular formula is C14H16ClN3O2. The summed E-state index contributed by atoms with van der Waals surface area (Å²) in [4.78, 5) is 4.25. The maximum absolute atomic E-state index is 5.96. The molecular weight excluding hydrogens is 278 g/mol. The van der Waals surface area contributed by atoms with Crippen molar-refractivity contribution in [1.82, 2.24) is 9.55 Å². The lowest BCUT2D eigenvalue weighted by atomic mass is 10.2. The van der Waals surface area contributed by atoms with Crippen LogP contribution in [0.3, 0.4) is 0 Å². The number of ether oxygens (including phenoxy) is 2. The number of benzene rings is 1. The van der Waals surface area contributed by atoms with Gasteiger partial charge in [-0.3, -0.25) is 0 Å². The largest absolute Gasteiger partial charge is 0.490 e. The van der Waals surface area contributed by atoms with Crippen molar-refractivity contribution in [3.63, 3.8) is 0 Å². The van der Waals surface area contributed by atoms with E-state index in [0.717, 1.165) is 29.4 Å². The van der Waals surface area contributed by atoms with Gasteiger partial charge in [-0.25, -0.2) is 4.98 Å². The van der Waals surface area contributed by atoms with Crippen molar-refractivity contribution >= 4 is 17.3 Å². The molecule has 1 N–H and O–H groups in total. The molecule has 1 aromatic carbocycles. The Labute approximate surface area is 122 Å². The number of hydrogen-bond donors (Lipinski definition) is 1. The first-order chi connectivity index (χ1) is 9.74. The number of fused-ring (bicyclic) bond motifs is 1. The number of nitrogens with zero attached hydrogens (tertiary/aromatic N) is 2. The summed E-state index contributed by atoms with van der Waals surface area (Å²) in [5, 5.41) is 3.93. The van der Waals surface area contributed by atoms with E-state index in [0.29, 0.717) is 24.9 Å². The van der Waals surface area contributed by atoms with Gasteiger partial charge in [-0.15, -0.1) is 0 Å². The molecule has 0 aliphatic carbocycles. The van der Waals surface area contributed by atoms with Crippen LogP contribution in [-0.2, 0) is 13.6 Å². The van der Waals surface area contributed by atoms with Gasteiger partial charge in [0.1, 0.15) is 11.0 Å². The van der Waals surface area contributed by atoms with Crippen molar-refractivity contribution in [3.05, 3.63) is 35.4 Å². The van der Waals surface area contributed by atoms with Gasteiger partial charge in [0, 0.05) is 25.2 Å². The van der Waals surface area contributed by atoms with Crippen LogP contribution in [0.2, 0.25) is 5.15 Å². The molecule has 5 nitrogen and oxygen atoms in total. The molecule has 0 unspecified atom stereocenters. The van der Waals surface area contributed by atoms with Crippen LogP contribution in [0.25, 0.3) is 0 Å². The molecule has 0 saturated carbocycles. The predicted octanol–water partition coefficient (Wildman–Crippen LogP) is 2.85. The molecule has 20 heavy (non-hydrogen) atoms. The minimum atomic E-state index is 0.600. The Morgan fingerprint density at radius 2 is 2.10 bits per heavy atom. The lowest BCUT2D eigenvalue weighted by molar-refractivity contribution is 0.297. The van der Waals surface area contributed by atoms with Gasteiger partial charge in [0.25, 0.3) is 0 Å². The van der Waals surface area contributed by atoms with Gasteiger partial charge in [-0.2, -0.15) is 0 Å². The lowest BCUT2D eigenvalue weighted by Gasteiger charge is -2.11. The van der Waals surface area contributed by atoms with Gasteiger partial charge >= 0.3 is 0 Å². The fourth-order valence-corrected chi connectivity index (χ4v) is 2.19. The maximum Gasteiger partial charge on any atom is 0.163 e. The second-order valence-corrected chi connectivity index (χ2v) is 5.01. The van der Waals surface area contributed by atoms with E-state index in [1.807, 2.05) is 29.8 Å². The van der Waals surface area contributed by atoms with E-state index in [-0.39, 0.29) is 0 Å². The van der Waals surface area contributed by atoms with Crippen LogP contribution < -0.4 is 14.8 Å². The van der Waals surface area contributed by atoms with Crippen molar-refractivity contribution in [3.8, 4) is 11.5 Å². The van der Waals surface area contributed by atoms with Gasteiger partial charge < -0.3 is 19.4 Å². The number of aromatic nitrogens is 2. The van der Waals surface area contributed by atoms with Gasteiger partial charge in [0.2, 0.25) is 0 Å². The van der Waals surface area contributed by atoms with E-state index < -0.39 is 0 Å². The molecule has 2 heterocycles. The van der Waals surface area contributed by atoms with Crippen LogP contribution in [0, 0.1) is 0 Å². The molecule has 1 aromatic heterocycles. The van der Waals surface area contributed by atoms with Gasteiger partial charge in [0.05, 0.1) is 26.0 Å². The minimum absolute atomic E-state index is 0.600. The van der Waals surface area contributed by atoms with Crippen LogP contribution >= 0.6 is 11.6 Å². The maximum atomic E-state index is 5.96. The molecule has 106 valence electrons. The van der Waals surface area contributed by atoms with Crippen LogP contribution in [0.5, 0.6) is 11.5 Å². The highest BCUT2D eigenvalue weighted by molar-refractivity contribution is 6.29. The standard InChI is InChI=1S/C14H16ClN3O2/c1-18-13(15)8-17-14(18)9-16-10-3-4-11-12(7-10)20-6-2-5-19-11/h3-4,7-8,16H,2,5-6,9H2,1H3. The third kappa shape index (κ3) is 2.67. The molecule has 6 heteroatoms. The molecule has 0 saturated heterocycles. The Morgan fingerprint density at radius 3 is 2.85 bits per heavy atom. The number of halogens is 1.